The van der Waals surface area contributed by atoms with Gasteiger partial charge in [0.1, 0.15) is 7.85 Å². The zero-order valence-corrected chi connectivity index (χ0v) is 10.7. The molecule has 0 aliphatic heterocycles. The van der Waals surface area contributed by atoms with Crippen molar-refractivity contribution < 1.29 is 31.0 Å². The molecule has 58 valence electrons. The Morgan fingerprint density at radius 2 is 1.50 bits per heavy atom. The molecule has 0 saturated heterocycles. The second-order valence-corrected chi connectivity index (χ2v) is 3.16. The van der Waals surface area contributed by atoms with Gasteiger partial charge in [-0.2, -0.15) is 0 Å². The van der Waals surface area contributed by atoms with Gasteiger partial charge < -0.3 is 1.43 Å². The Bertz CT molecular complexity index is 271. The molecule has 1 aromatic rings. The molecule has 0 N–H and O–H groups in total. The molecule has 0 heterocycles. The van der Waals surface area contributed by atoms with Crippen molar-refractivity contribution >= 4 is 13.3 Å². The Morgan fingerprint density at radius 3 is 2.00 bits per heavy atom. The molecule has 0 spiro atoms. The van der Waals surface area contributed by atoms with Gasteiger partial charge in [0.15, 0.2) is 0 Å². The van der Waals surface area contributed by atoms with Gasteiger partial charge in [-0.3, -0.25) is 0 Å². The molecule has 2 radical (unpaired) electrons. The fraction of sp³-hybridized carbons (Fsp3) is 0.400. The number of rotatable bonds is 0. The van der Waals surface area contributed by atoms with Gasteiger partial charge in [0.25, 0.3) is 0 Å². The second-order valence-electron chi connectivity index (χ2n) is 3.16. The van der Waals surface area contributed by atoms with E-state index in [-0.39, 0.29) is 31.0 Å². The minimum Gasteiger partial charge on any atom is -1.00 e. The van der Waals surface area contributed by atoms with E-state index in [0.717, 1.165) is 5.46 Å². The molecule has 1 aromatic carbocycles. The molecule has 0 unspecified atom stereocenters. The van der Waals surface area contributed by atoms with Crippen LogP contribution in [-0.2, 0) is 0 Å². The van der Waals surface area contributed by atoms with Crippen LogP contribution >= 0.6 is 0 Å². The molecule has 0 nitrogen and oxygen atoms in total. The van der Waals surface area contributed by atoms with E-state index in [9.17, 15) is 0 Å². The Labute approximate surface area is 99.9 Å². The van der Waals surface area contributed by atoms with Crippen molar-refractivity contribution in [2.75, 3.05) is 0 Å². The molecule has 0 aliphatic carbocycles. The number of hydrogen-bond acceptors (Lipinski definition) is 0. The van der Waals surface area contributed by atoms with E-state index in [4.69, 9.17) is 7.85 Å². The predicted octanol–water partition coefficient (Wildman–Crippen LogP) is -1.17. The first-order valence-electron chi connectivity index (χ1n) is 3.87. The molecule has 0 aromatic heterocycles. The summed E-state index contributed by atoms with van der Waals surface area (Å²) in [5.74, 6) is 0. The monoisotopic (exact) mass is 168 g/mol. The van der Waals surface area contributed by atoms with Gasteiger partial charge in [-0.25, -0.2) is 0 Å². The van der Waals surface area contributed by atoms with Gasteiger partial charge in [-0.1, -0.05) is 17.1 Å². The first kappa shape index (κ1) is 12.3. The Morgan fingerprint density at radius 1 is 1.00 bits per heavy atom. The van der Waals surface area contributed by atoms with Crippen molar-refractivity contribution in [1.29, 1.82) is 0 Å². The molecule has 0 atom stereocenters. The van der Waals surface area contributed by atoms with Crippen LogP contribution in [0.4, 0.5) is 0 Å². The molecular weight excluding hydrogens is 154 g/mol. The molecule has 1 rings (SSSR count). The van der Waals surface area contributed by atoms with E-state index < -0.39 is 0 Å². The fourth-order valence-electron chi connectivity index (χ4n) is 1.24. The van der Waals surface area contributed by atoms with Crippen LogP contribution in [0.1, 0.15) is 23.7 Å². The summed E-state index contributed by atoms with van der Waals surface area (Å²) in [5.41, 5.74) is 6.09. The molecule has 0 saturated carbocycles. The SMILES string of the molecule is [B]c1cc(C)c(C)c(C)c1C.[H-].[Na+]. The van der Waals surface area contributed by atoms with Crippen LogP contribution in [-0.4, -0.2) is 7.85 Å². The molecule has 2 heteroatoms. The summed E-state index contributed by atoms with van der Waals surface area (Å²) in [4.78, 5) is 0. The van der Waals surface area contributed by atoms with E-state index in [1.165, 1.54) is 22.3 Å². The predicted molar refractivity (Wildman–Crippen MR) is 51.9 cm³/mol. The van der Waals surface area contributed by atoms with Gasteiger partial charge >= 0.3 is 29.6 Å². The maximum atomic E-state index is 5.79. The minimum absolute atomic E-state index is 0. The van der Waals surface area contributed by atoms with Crippen molar-refractivity contribution in [1.82, 2.24) is 0 Å². The molecular formula is C10H14BNa. The summed E-state index contributed by atoms with van der Waals surface area (Å²) >= 11 is 0. The Hall–Kier alpha value is 0.285. The van der Waals surface area contributed by atoms with Gasteiger partial charge in [0, 0.05) is 0 Å². The normalized spacial score (nSPS) is 9.33. The zero-order valence-electron chi connectivity index (χ0n) is 9.65. The van der Waals surface area contributed by atoms with Crippen molar-refractivity contribution in [3.05, 3.63) is 28.3 Å². The summed E-state index contributed by atoms with van der Waals surface area (Å²) < 4.78 is 0. The van der Waals surface area contributed by atoms with Crippen LogP contribution in [0, 0.1) is 27.7 Å². The van der Waals surface area contributed by atoms with E-state index in [1.54, 1.807) is 0 Å². The second kappa shape index (κ2) is 4.50. The third kappa shape index (κ3) is 2.15. The van der Waals surface area contributed by atoms with Crippen molar-refractivity contribution in [2.45, 2.75) is 27.7 Å². The molecule has 12 heavy (non-hydrogen) atoms. The Kier molecular flexibility index (Phi) is 4.61. The average molecular weight is 168 g/mol. The first-order valence-corrected chi connectivity index (χ1v) is 3.87. The summed E-state index contributed by atoms with van der Waals surface area (Å²) in [5, 5.41) is 0. The molecule has 0 fully saturated rings. The van der Waals surface area contributed by atoms with E-state index >= 15 is 0 Å². The van der Waals surface area contributed by atoms with Crippen molar-refractivity contribution in [3.8, 4) is 0 Å². The van der Waals surface area contributed by atoms with Crippen LogP contribution in [0.5, 0.6) is 0 Å². The first-order chi connectivity index (χ1) is 5.04. The maximum Gasteiger partial charge on any atom is 1.00 e. The summed E-state index contributed by atoms with van der Waals surface area (Å²) in [6, 6.07) is 2.04. The van der Waals surface area contributed by atoms with E-state index in [2.05, 4.69) is 27.7 Å². The van der Waals surface area contributed by atoms with Crippen molar-refractivity contribution in [2.24, 2.45) is 0 Å². The van der Waals surface area contributed by atoms with Crippen molar-refractivity contribution in [3.63, 3.8) is 0 Å². The fourth-order valence-corrected chi connectivity index (χ4v) is 1.24. The van der Waals surface area contributed by atoms with Crippen LogP contribution in [0.2, 0.25) is 0 Å². The molecule has 0 aliphatic rings. The third-order valence-electron chi connectivity index (χ3n) is 2.52. The van der Waals surface area contributed by atoms with Crippen LogP contribution in [0.3, 0.4) is 0 Å². The standard InChI is InChI=1S/C10H13B.Na.H/c1-6-5-10(11)9(4)8(3)7(6)2;;/h5H,1-4H3;;/q;+1;-1. The third-order valence-corrected chi connectivity index (χ3v) is 2.52. The number of hydrogen-bond donors (Lipinski definition) is 0. The summed E-state index contributed by atoms with van der Waals surface area (Å²) in [7, 11) is 5.79. The van der Waals surface area contributed by atoms with Gasteiger partial charge in [-0.15, -0.1) is 0 Å². The molecule has 0 amide bonds. The van der Waals surface area contributed by atoms with Crippen LogP contribution in [0.15, 0.2) is 6.07 Å². The van der Waals surface area contributed by atoms with Crippen LogP contribution in [0.25, 0.3) is 0 Å². The Balaban J connectivity index is 0. The number of aryl methyl sites for hydroxylation is 1. The summed E-state index contributed by atoms with van der Waals surface area (Å²) in [6.07, 6.45) is 0. The summed E-state index contributed by atoms with van der Waals surface area (Å²) in [6.45, 7) is 8.42. The minimum atomic E-state index is 0. The maximum absolute atomic E-state index is 5.79. The van der Waals surface area contributed by atoms with E-state index in [0.29, 0.717) is 0 Å². The van der Waals surface area contributed by atoms with Gasteiger partial charge in [0.05, 0.1) is 0 Å². The van der Waals surface area contributed by atoms with Crippen LogP contribution < -0.4 is 35.0 Å². The zero-order chi connectivity index (χ0) is 8.59. The topological polar surface area (TPSA) is 0 Å². The smallest absolute Gasteiger partial charge is 1.00 e. The average Bonchev–Trinajstić information content (AvgIpc) is 1.97. The van der Waals surface area contributed by atoms with Gasteiger partial charge in [0.2, 0.25) is 0 Å². The largest absolute Gasteiger partial charge is 1.00 e. The van der Waals surface area contributed by atoms with E-state index in [1.807, 2.05) is 6.07 Å². The van der Waals surface area contributed by atoms with Gasteiger partial charge in [-0.05, 0) is 44.4 Å². The number of benzene rings is 1. The quantitative estimate of drug-likeness (QED) is 0.428. The molecule has 0 bridgehead atoms.